The number of amides is 1. The topological polar surface area (TPSA) is 76.9 Å². The number of ketones is 1. The van der Waals surface area contributed by atoms with Crippen LogP contribution >= 0.6 is 0 Å². The number of hydrogen-bond donors (Lipinski definition) is 1. The third kappa shape index (κ3) is 4.81. The molecule has 0 unspecified atom stereocenters. The molecule has 1 aliphatic heterocycles. The van der Waals surface area contributed by atoms with E-state index in [-0.39, 0.29) is 24.5 Å². The molecule has 1 aliphatic carbocycles. The highest BCUT2D eigenvalue weighted by atomic mass is 16.2. The molecule has 2 aliphatic rings. The second-order valence-corrected chi connectivity index (χ2v) is 9.59. The summed E-state index contributed by atoms with van der Waals surface area (Å²) in [6, 6.07) is 12.0. The molecule has 1 aromatic heterocycles. The number of nitrogens with zero attached hydrogens (tertiary/aromatic N) is 3. The number of fused-ring (bicyclic) bond motifs is 2. The van der Waals surface area contributed by atoms with Crippen LogP contribution in [0.15, 0.2) is 36.4 Å². The van der Waals surface area contributed by atoms with Crippen LogP contribution in [-0.2, 0) is 30.6 Å². The Morgan fingerprint density at radius 3 is 2.59 bits per heavy atom. The van der Waals surface area contributed by atoms with Crippen molar-refractivity contribution in [2.24, 2.45) is 0 Å². The Morgan fingerprint density at radius 1 is 0.882 bits per heavy atom. The number of aromatic nitrogens is 3. The van der Waals surface area contributed by atoms with Crippen LogP contribution in [0, 0.1) is 6.92 Å². The molecular weight excluding hydrogens is 424 g/mol. The summed E-state index contributed by atoms with van der Waals surface area (Å²) in [6.07, 6.45) is 9.38. The minimum absolute atomic E-state index is 0.0279. The normalized spacial score (nSPS) is 15.2. The van der Waals surface area contributed by atoms with E-state index < -0.39 is 0 Å². The molecule has 176 valence electrons. The molecule has 0 radical (unpaired) electrons. The summed E-state index contributed by atoms with van der Waals surface area (Å²) in [5.74, 6) is 1.78. The van der Waals surface area contributed by atoms with E-state index >= 15 is 0 Å². The lowest BCUT2D eigenvalue weighted by atomic mass is 9.89. The van der Waals surface area contributed by atoms with Gasteiger partial charge >= 0.3 is 0 Å². The van der Waals surface area contributed by atoms with E-state index in [0.717, 1.165) is 72.7 Å². The highest BCUT2D eigenvalue weighted by molar-refractivity contribution is 6.00. The lowest BCUT2D eigenvalue weighted by molar-refractivity contribution is -0.116. The van der Waals surface area contributed by atoms with E-state index in [2.05, 4.69) is 26.1 Å². The smallest absolute Gasteiger partial charge is 0.224 e. The van der Waals surface area contributed by atoms with Crippen molar-refractivity contribution in [2.75, 3.05) is 5.32 Å². The van der Waals surface area contributed by atoms with Crippen molar-refractivity contribution in [3.8, 4) is 11.4 Å². The van der Waals surface area contributed by atoms with Gasteiger partial charge in [-0.1, -0.05) is 30.7 Å². The Balaban J connectivity index is 1.24. The van der Waals surface area contributed by atoms with E-state index in [1.807, 2.05) is 37.3 Å². The van der Waals surface area contributed by atoms with E-state index in [9.17, 15) is 9.59 Å². The fraction of sp³-hybridized carbons (Fsp3) is 0.429. The van der Waals surface area contributed by atoms with Crippen molar-refractivity contribution in [1.82, 2.24) is 14.8 Å². The van der Waals surface area contributed by atoms with Gasteiger partial charge in [-0.3, -0.25) is 9.59 Å². The fourth-order valence-electron chi connectivity index (χ4n) is 5.09. The molecule has 6 nitrogen and oxygen atoms in total. The Labute approximate surface area is 200 Å². The predicted molar refractivity (Wildman–Crippen MR) is 133 cm³/mol. The molecule has 34 heavy (non-hydrogen) atoms. The van der Waals surface area contributed by atoms with Crippen LogP contribution in [0.1, 0.15) is 77.8 Å². The first-order chi connectivity index (χ1) is 16.6. The van der Waals surface area contributed by atoms with Gasteiger partial charge in [0.25, 0.3) is 0 Å². The second kappa shape index (κ2) is 9.92. The summed E-state index contributed by atoms with van der Waals surface area (Å²) < 4.78 is 2.21. The highest BCUT2D eigenvalue weighted by Gasteiger charge is 2.18. The molecule has 0 atom stereocenters. The van der Waals surface area contributed by atoms with Gasteiger partial charge in [0.15, 0.2) is 11.6 Å². The van der Waals surface area contributed by atoms with Crippen molar-refractivity contribution in [1.29, 1.82) is 0 Å². The van der Waals surface area contributed by atoms with Crippen molar-refractivity contribution < 1.29 is 9.59 Å². The monoisotopic (exact) mass is 456 g/mol. The van der Waals surface area contributed by atoms with E-state index in [1.54, 1.807) is 0 Å². The van der Waals surface area contributed by atoms with Gasteiger partial charge in [0.2, 0.25) is 5.91 Å². The zero-order chi connectivity index (χ0) is 23.5. The highest BCUT2D eigenvalue weighted by Crippen LogP contribution is 2.27. The van der Waals surface area contributed by atoms with Gasteiger partial charge in [-0.05, 0) is 74.3 Å². The Kier molecular flexibility index (Phi) is 6.57. The first kappa shape index (κ1) is 22.5. The first-order valence-electron chi connectivity index (χ1n) is 12.6. The van der Waals surface area contributed by atoms with Crippen LogP contribution in [0.4, 0.5) is 5.69 Å². The number of aryl methyl sites for hydroxylation is 4. The van der Waals surface area contributed by atoms with Crippen molar-refractivity contribution >= 4 is 17.4 Å². The number of anilines is 1. The number of nitrogens with one attached hydrogen (secondary N) is 1. The maximum Gasteiger partial charge on any atom is 0.224 e. The molecule has 0 spiro atoms. The van der Waals surface area contributed by atoms with Crippen LogP contribution in [0.3, 0.4) is 0 Å². The second-order valence-electron chi connectivity index (χ2n) is 9.59. The lowest BCUT2D eigenvalue weighted by Gasteiger charge is -2.16. The molecular formula is C28H32N4O2. The van der Waals surface area contributed by atoms with Gasteiger partial charge in [0, 0.05) is 42.6 Å². The van der Waals surface area contributed by atoms with Gasteiger partial charge in [0.1, 0.15) is 5.82 Å². The van der Waals surface area contributed by atoms with E-state index in [4.69, 9.17) is 0 Å². The van der Waals surface area contributed by atoms with Gasteiger partial charge in [-0.2, -0.15) is 0 Å². The third-order valence-electron chi connectivity index (χ3n) is 7.13. The SMILES string of the molecule is Cc1ccc(-c2nnc3n2CCCCC3)cc1NC(=O)CCC(=O)c1ccc2c(c1)CCCC2. The van der Waals surface area contributed by atoms with Crippen LogP contribution < -0.4 is 5.32 Å². The molecule has 1 N–H and O–H groups in total. The molecule has 2 aromatic carbocycles. The quantitative estimate of drug-likeness (QED) is 0.500. The maximum absolute atomic E-state index is 12.7. The Hall–Kier alpha value is -3.28. The van der Waals surface area contributed by atoms with Crippen LogP contribution in [0.5, 0.6) is 0 Å². The van der Waals surface area contributed by atoms with Crippen molar-refractivity contribution in [3.05, 3.63) is 64.5 Å². The minimum Gasteiger partial charge on any atom is -0.326 e. The molecule has 0 saturated carbocycles. The Bertz CT molecular complexity index is 1230. The lowest BCUT2D eigenvalue weighted by Crippen LogP contribution is -2.15. The number of carbonyl (C=O) groups excluding carboxylic acids is 2. The van der Waals surface area contributed by atoms with Crippen molar-refractivity contribution in [2.45, 2.75) is 77.7 Å². The molecule has 1 amide bonds. The minimum atomic E-state index is -0.147. The summed E-state index contributed by atoms with van der Waals surface area (Å²) in [7, 11) is 0. The zero-order valence-corrected chi connectivity index (χ0v) is 19.9. The Morgan fingerprint density at radius 2 is 1.71 bits per heavy atom. The predicted octanol–water partition coefficient (Wildman–Crippen LogP) is 5.46. The van der Waals surface area contributed by atoms with Gasteiger partial charge in [-0.25, -0.2) is 0 Å². The summed E-state index contributed by atoms with van der Waals surface area (Å²) in [5, 5.41) is 11.9. The van der Waals surface area contributed by atoms with Gasteiger partial charge < -0.3 is 9.88 Å². The number of carbonyl (C=O) groups is 2. The number of rotatable bonds is 6. The van der Waals surface area contributed by atoms with Crippen LogP contribution in [0.2, 0.25) is 0 Å². The van der Waals surface area contributed by atoms with Crippen molar-refractivity contribution in [3.63, 3.8) is 0 Å². The summed E-state index contributed by atoms with van der Waals surface area (Å²) >= 11 is 0. The first-order valence-corrected chi connectivity index (χ1v) is 12.6. The molecule has 0 saturated heterocycles. The standard InChI is InChI=1S/C28H32N4O2/c1-19-10-11-23(28-31-30-26-9-3-2-6-16-32(26)28)18-24(19)29-27(34)15-14-25(33)22-13-12-20-7-4-5-8-21(20)17-22/h10-13,17-18H,2-9,14-16H2,1H3,(H,29,34). The van der Waals surface area contributed by atoms with Crippen LogP contribution in [-0.4, -0.2) is 26.5 Å². The third-order valence-corrected chi connectivity index (χ3v) is 7.13. The van der Waals surface area contributed by atoms with Crippen LogP contribution in [0.25, 0.3) is 11.4 Å². The number of benzene rings is 2. The average molecular weight is 457 g/mol. The van der Waals surface area contributed by atoms with Gasteiger partial charge in [-0.15, -0.1) is 10.2 Å². The van der Waals surface area contributed by atoms with E-state index in [0.29, 0.717) is 0 Å². The largest absolute Gasteiger partial charge is 0.326 e. The number of hydrogen-bond acceptors (Lipinski definition) is 4. The average Bonchev–Trinajstić information content (AvgIpc) is 3.11. The molecule has 5 rings (SSSR count). The molecule has 6 heteroatoms. The summed E-state index contributed by atoms with van der Waals surface area (Å²) in [6.45, 7) is 2.90. The number of Topliss-reactive ketones (excluding diaryl/α,β-unsaturated/α-hetero) is 1. The van der Waals surface area contributed by atoms with E-state index in [1.165, 1.54) is 30.4 Å². The zero-order valence-electron chi connectivity index (χ0n) is 19.9. The molecule has 2 heterocycles. The summed E-state index contributed by atoms with van der Waals surface area (Å²) in [5.41, 5.74) is 6.06. The molecule has 0 bridgehead atoms. The maximum atomic E-state index is 12.7. The molecule has 3 aromatic rings. The fourth-order valence-corrected chi connectivity index (χ4v) is 5.09. The summed E-state index contributed by atoms with van der Waals surface area (Å²) in [4.78, 5) is 25.4. The van der Waals surface area contributed by atoms with Gasteiger partial charge in [0.05, 0.1) is 0 Å². The molecule has 0 fully saturated rings.